The third-order valence-electron chi connectivity index (χ3n) is 5.25. The number of aromatic nitrogens is 3. The molecule has 0 aromatic carbocycles. The van der Waals surface area contributed by atoms with Crippen molar-refractivity contribution in [3.8, 4) is 0 Å². The van der Waals surface area contributed by atoms with E-state index in [1.54, 1.807) is 0 Å². The van der Waals surface area contributed by atoms with Gasteiger partial charge in [-0.1, -0.05) is 19.4 Å². The van der Waals surface area contributed by atoms with Crippen molar-refractivity contribution in [1.29, 1.82) is 0 Å². The maximum Gasteiger partial charge on any atom is 0.191 e. The Morgan fingerprint density at radius 2 is 2.15 bits per heavy atom. The highest BCUT2D eigenvalue weighted by molar-refractivity contribution is 5.79. The van der Waals surface area contributed by atoms with Gasteiger partial charge in [0.05, 0.1) is 6.54 Å². The number of piperidine rings is 1. The van der Waals surface area contributed by atoms with E-state index in [-0.39, 0.29) is 0 Å². The number of hydrogen-bond donors (Lipinski definition) is 2. The van der Waals surface area contributed by atoms with Crippen LogP contribution in [0.5, 0.6) is 0 Å². The molecule has 0 amide bonds. The molecule has 1 saturated heterocycles. The highest BCUT2D eigenvalue weighted by Gasteiger charge is 2.19. The summed E-state index contributed by atoms with van der Waals surface area (Å²) in [7, 11) is 0. The zero-order valence-corrected chi connectivity index (χ0v) is 16.7. The number of likely N-dealkylation sites (tertiary alicyclic amines) is 1. The van der Waals surface area contributed by atoms with Gasteiger partial charge in [0.25, 0.3) is 0 Å². The molecule has 27 heavy (non-hydrogen) atoms. The average Bonchev–Trinajstić information content (AvgIpc) is 3.11. The average molecular weight is 372 g/mol. The summed E-state index contributed by atoms with van der Waals surface area (Å²) in [5.41, 5.74) is 0.889. The van der Waals surface area contributed by atoms with Gasteiger partial charge in [0.2, 0.25) is 0 Å². The maximum absolute atomic E-state index is 4.77. The Morgan fingerprint density at radius 1 is 1.22 bits per heavy atom. The van der Waals surface area contributed by atoms with Gasteiger partial charge < -0.3 is 10.6 Å². The smallest absolute Gasteiger partial charge is 0.191 e. The lowest BCUT2D eigenvalue weighted by Gasteiger charge is -2.34. The first-order valence-electron chi connectivity index (χ1n) is 10.4. The number of hydrogen-bond acceptors (Lipinski definition) is 4. The third kappa shape index (κ3) is 5.42. The van der Waals surface area contributed by atoms with E-state index in [1.165, 1.54) is 32.2 Å². The molecular weight excluding hydrogens is 338 g/mol. The molecule has 7 nitrogen and oxygen atoms in total. The molecule has 7 heteroatoms. The van der Waals surface area contributed by atoms with Crippen LogP contribution in [0, 0.1) is 0 Å². The lowest BCUT2D eigenvalue weighted by atomic mass is 10.0. The van der Waals surface area contributed by atoms with Crippen molar-refractivity contribution in [2.45, 2.75) is 52.0 Å². The van der Waals surface area contributed by atoms with Gasteiger partial charge in [-0.2, -0.15) is 0 Å². The number of guanidine groups is 1. The van der Waals surface area contributed by atoms with Crippen LogP contribution in [0.1, 0.15) is 45.4 Å². The largest absolute Gasteiger partial charge is 0.357 e. The van der Waals surface area contributed by atoms with Crippen molar-refractivity contribution in [3.05, 3.63) is 30.2 Å². The van der Waals surface area contributed by atoms with E-state index in [1.807, 2.05) is 28.8 Å². The zero-order valence-electron chi connectivity index (χ0n) is 16.7. The number of rotatable bonds is 8. The second-order valence-corrected chi connectivity index (χ2v) is 7.08. The summed E-state index contributed by atoms with van der Waals surface area (Å²) in [6, 6.07) is 6.70. The van der Waals surface area contributed by atoms with Gasteiger partial charge in [0.1, 0.15) is 5.82 Å². The molecule has 3 rings (SSSR count). The third-order valence-corrected chi connectivity index (χ3v) is 5.25. The highest BCUT2D eigenvalue weighted by Crippen LogP contribution is 2.18. The first-order valence-corrected chi connectivity index (χ1v) is 10.4. The van der Waals surface area contributed by atoms with E-state index >= 15 is 0 Å². The molecule has 1 aliphatic rings. The molecule has 0 bridgehead atoms. The van der Waals surface area contributed by atoms with Gasteiger partial charge in [0, 0.05) is 38.3 Å². The first-order chi connectivity index (χ1) is 13.3. The predicted octanol–water partition coefficient (Wildman–Crippen LogP) is 2.09. The van der Waals surface area contributed by atoms with E-state index in [2.05, 4.69) is 39.6 Å². The van der Waals surface area contributed by atoms with Gasteiger partial charge in [-0.15, -0.1) is 10.2 Å². The Morgan fingerprint density at radius 3 is 3.00 bits per heavy atom. The van der Waals surface area contributed by atoms with Crippen molar-refractivity contribution in [2.75, 3.05) is 32.7 Å². The Hall–Kier alpha value is -2.15. The van der Waals surface area contributed by atoms with Crippen LogP contribution in [0.4, 0.5) is 0 Å². The van der Waals surface area contributed by atoms with E-state index in [9.17, 15) is 0 Å². The summed E-state index contributed by atoms with van der Waals surface area (Å²) in [5.74, 6) is 1.85. The van der Waals surface area contributed by atoms with E-state index in [0.717, 1.165) is 56.1 Å². The number of nitrogens with one attached hydrogen (secondary N) is 2. The van der Waals surface area contributed by atoms with Gasteiger partial charge in [-0.25, -0.2) is 0 Å². The van der Waals surface area contributed by atoms with Gasteiger partial charge in [0.15, 0.2) is 11.6 Å². The topological polar surface area (TPSA) is 69.8 Å². The van der Waals surface area contributed by atoms with Crippen molar-refractivity contribution < 1.29 is 0 Å². The number of fused-ring (bicyclic) bond motifs is 1. The Balaban J connectivity index is 1.48. The van der Waals surface area contributed by atoms with Crippen LogP contribution in [0.3, 0.4) is 0 Å². The van der Waals surface area contributed by atoms with Crippen molar-refractivity contribution in [1.82, 2.24) is 30.1 Å². The first kappa shape index (κ1) is 19.6. The second-order valence-electron chi connectivity index (χ2n) is 7.08. The fourth-order valence-corrected chi connectivity index (χ4v) is 3.80. The van der Waals surface area contributed by atoms with Crippen LogP contribution in [-0.2, 0) is 6.42 Å². The molecule has 2 aromatic rings. The summed E-state index contributed by atoms with van der Waals surface area (Å²) in [6.45, 7) is 9.14. The molecule has 0 aliphatic carbocycles. The van der Waals surface area contributed by atoms with Crippen LogP contribution in [-0.4, -0.2) is 64.2 Å². The predicted molar refractivity (Wildman–Crippen MR) is 110 cm³/mol. The minimum Gasteiger partial charge on any atom is -0.357 e. The summed E-state index contributed by atoms with van der Waals surface area (Å²) in [6.07, 6.45) is 8.09. The molecule has 3 heterocycles. The SMILES string of the molecule is CCNC(=NCCN1CCCCC1CC)NCCc1nnc2ccccn12. The lowest BCUT2D eigenvalue weighted by molar-refractivity contribution is 0.148. The van der Waals surface area contributed by atoms with Crippen LogP contribution in [0.2, 0.25) is 0 Å². The zero-order chi connectivity index (χ0) is 18.9. The molecule has 0 radical (unpaired) electrons. The Bertz CT molecular complexity index is 724. The van der Waals surface area contributed by atoms with Crippen molar-refractivity contribution in [2.24, 2.45) is 4.99 Å². The molecule has 0 saturated carbocycles. The van der Waals surface area contributed by atoms with Crippen molar-refractivity contribution >= 4 is 11.6 Å². The molecule has 1 fully saturated rings. The quantitative estimate of drug-likeness (QED) is 0.549. The summed E-state index contributed by atoms with van der Waals surface area (Å²) >= 11 is 0. The van der Waals surface area contributed by atoms with Crippen LogP contribution >= 0.6 is 0 Å². The van der Waals surface area contributed by atoms with Crippen LogP contribution in [0.25, 0.3) is 5.65 Å². The van der Waals surface area contributed by atoms with Gasteiger partial charge in [-0.05, 0) is 44.9 Å². The molecule has 1 aliphatic heterocycles. The summed E-state index contributed by atoms with van der Waals surface area (Å²) in [5, 5.41) is 15.3. The number of aliphatic imine (C=N–C) groups is 1. The summed E-state index contributed by atoms with van der Waals surface area (Å²) in [4.78, 5) is 7.38. The molecular formula is C20H33N7. The van der Waals surface area contributed by atoms with E-state index < -0.39 is 0 Å². The van der Waals surface area contributed by atoms with E-state index in [0.29, 0.717) is 0 Å². The fraction of sp³-hybridized carbons (Fsp3) is 0.650. The maximum atomic E-state index is 4.77. The molecule has 2 N–H and O–H groups in total. The lowest BCUT2D eigenvalue weighted by Crippen LogP contribution is -2.42. The molecule has 2 aromatic heterocycles. The minimum absolute atomic E-state index is 0.741. The molecule has 1 atom stereocenters. The summed E-state index contributed by atoms with van der Waals surface area (Å²) < 4.78 is 2.03. The number of nitrogens with zero attached hydrogens (tertiary/aromatic N) is 5. The molecule has 1 unspecified atom stereocenters. The number of pyridine rings is 1. The van der Waals surface area contributed by atoms with Crippen LogP contribution in [0.15, 0.2) is 29.4 Å². The van der Waals surface area contributed by atoms with Crippen LogP contribution < -0.4 is 10.6 Å². The molecule has 0 spiro atoms. The monoisotopic (exact) mass is 371 g/mol. The second kappa shape index (κ2) is 10.3. The Kier molecular flexibility index (Phi) is 7.45. The van der Waals surface area contributed by atoms with Gasteiger partial charge >= 0.3 is 0 Å². The Labute approximate surface area is 162 Å². The van der Waals surface area contributed by atoms with Gasteiger partial charge in [-0.3, -0.25) is 14.3 Å². The molecule has 148 valence electrons. The normalized spacial score (nSPS) is 18.7. The van der Waals surface area contributed by atoms with Crippen molar-refractivity contribution in [3.63, 3.8) is 0 Å². The fourth-order valence-electron chi connectivity index (χ4n) is 3.80. The highest BCUT2D eigenvalue weighted by atomic mass is 15.2. The standard InChI is InChI=1S/C20H33N7/c1-3-17-9-5-7-14-26(17)16-13-23-20(21-4-2)22-12-11-19-25-24-18-10-6-8-15-27(18)19/h6,8,10,15,17H,3-5,7,9,11-14,16H2,1-2H3,(H2,21,22,23). The minimum atomic E-state index is 0.741. The van der Waals surface area contributed by atoms with E-state index in [4.69, 9.17) is 4.99 Å².